The number of thioether (sulfide) groups is 1. The van der Waals surface area contributed by atoms with E-state index in [1.807, 2.05) is 39.0 Å². The maximum atomic E-state index is 11.8. The molecule has 0 aromatic heterocycles. The van der Waals surface area contributed by atoms with E-state index in [0.29, 0.717) is 12.2 Å². The summed E-state index contributed by atoms with van der Waals surface area (Å²) in [5, 5.41) is 7.30. The van der Waals surface area contributed by atoms with Crippen molar-refractivity contribution in [3.63, 3.8) is 0 Å². The van der Waals surface area contributed by atoms with E-state index in [2.05, 4.69) is 16.0 Å². The molecule has 27 heavy (non-hydrogen) atoms. The van der Waals surface area contributed by atoms with Crippen molar-refractivity contribution in [1.29, 1.82) is 0 Å². The van der Waals surface area contributed by atoms with Crippen LogP contribution in [0, 0.1) is 12.8 Å². The van der Waals surface area contributed by atoms with Gasteiger partial charge in [-0.3, -0.25) is 19.7 Å². The first-order valence-corrected chi connectivity index (χ1v) is 9.59. The van der Waals surface area contributed by atoms with Crippen LogP contribution in [-0.2, 0) is 19.1 Å². The van der Waals surface area contributed by atoms with E-state index in [0.717, 1.165) is 17.3 Å². The maximum absolute atomic E-state index is 11.8. The Morgan fingerprint density at radius 2 is 1.85 bits per heavy atom. The lowest BCUT2D eigenvalue weighted by Crippen LogP contribution is -2.42. The molecule has 0 aliphatic heterocycles. The van der Waals surface area contributed by atoms with Crippen molar-refractivity contribution in [1.82, 2.24) is 10.6 Å². The predicted molar refractivity (Wildman–Crippen MR) is 104 cm³/mol. The summed E-state index contributed by atoms with van der Waals surface area (Å²) in [6, 6.07) is 6.74. The van der Waals surface area contributed by atoms with Gasteiger partial charge in [-0.1, -0.05) is 26.0 Å². The molecule has 8 nitrogen and oxygen atoms in total. The molecule has 4 amide bonds. The summed E-state index contributed by atoms with van der Waals surface area (Å²) in [6.45, 7) is 5.64. The van der Waals surface area contributed by atoms with Crippen LogP contribution in [0.2, 0.25) is 0 Å². The van der Waals surface area contributed by atoms with Gasteiger partial charge in [-0.15, -0.1) is 11.8 Å². The Hall–Kier alpha value is -2.55. The zero-order chi connectivity index (χ0) is 20.2. The Labute approximate surface area is 162 Å². The van der Waals surface area contributed by atoms with Crippen LogP contribution in [-0.4, -0.2) is 48.5 Å². The molecule has 0 bridgehead atoms. The Morgan fingerprint density at radius 1 is 1.11 bits per heavy atom. The average molecular weight is 395 g/mol. The molecule has 1 aromatic carbocycles. The number of urea groups is 1. The highest BCUT2D eigenvalue weighted by Crippen LogP contribution is 2.10. The quantitative estimate of drug-likeness (QED) is 0.549. The fourth-order valence-electron chi connectivity index (χ4n) is 1.84. The molecule has 1 aromatic rings. The van der Waals surface area contributed by atoms with Crippen molar-refractivity contribution in [2.75, 3.05) is 30.0 Å². The number of anilines is 1. The Bertz CT molecular complexity index is 679. The number of aryl methyl sites for hydroxylation is 1. The number of hydrogen-bond donors (Lipinski definition) is 3. The van der Waals surface area contributed by atoms with E-state index in [9.17, 15) is 19.2 Å². The highest BCUT2D eigenvalue weighted by molar-refractivity contribution is 8.00. The number of ether oxygens (including phenoxy) is 1. The van der Waals surface area contributed by atoms with Crippen molar-refractivity contribution in [3.05, 3.63) is 29.8 Å². The summed E-state index contributed by atoms with van der Waals surface area (Å²) in [4.78, 5) is 46.3. The molecule has 0 radical (unpaired) electrons. The topological polar surface area (TPSA) is 114 Å². The molecule has 0 aliphatic rings. The van der Waals surface area contributed by atoms with Gasteiger partial charge in [0.25, 0.3) is 5.91 Å². The summed E-state index contributed by atoms with van der Waals surface area (Å²) in [5.74, 6) is -1.34. The van der Waals surface area contributed by atoms with Gasteiger partial charge in [-0.2, -0.15) is 0 Å². The molecule has 0 saturated heterocycles. The normalized spacial score (nSPS) is 10.2. The fraction of sp³-hybridized carbons (Fsp3) is 0.444. The third kappa shape index (κ3) is 10.9. The van der Waals surface area contributed by atoms with E-state index >= 15 is 0 Å². The zero-order valence-electron chi connectivity index (χ0n) is 15.7. The second-order valence-corrected chi connectivity index (χ2v) is 7.21. The van der Waals surface area contributed by atoms with E-state index in [-0.39, 0.29) is 23.3 Å². The average Bonchev–Trinajstić information content (AvgIpc) is 2.58. The zero-order valence-corrected chi connectivity index (χ0v) is 16.5. The second-order valence-electron chi connectivity index (χ2n) is 6.22. The molecule has 0 heterocycles. The van der Waals surface area contributed by atoms with Gasteiger partial charge in [0.2, 0.25) is 5.91 Å². The number of amides is 4. The number of carbonyl (C=O) groups is 4. The monoisotopic (exact) mass is 395 g/mol. The van der Waals surface area contributed by atoms with Gasteiger partial charge in [0.05, 0.1) is 11.5 Å². The largest absolute Gasteiger partial charge is 0.455 e. The molecule has 9 heteroatoms. The van der Waals surface area contributed by atoms with Gasteiger partial charge >= 0.3 is 12.0 Å². The first kappa shape index (κ1) is 22.5. The van der Waals surface area contributed by atoms with E-state index in [1.54, 1.807) is 6.07 Å². The number of benzene rings is 1. The molecular formula is C18H25N3O5S. The van der Waals surface area contributed by atoms with Gasteiger partial charge in [-0.05, 0) is 30.5 Å². The van der Waals surface area contributed by atoms with Crippen LogP contribution in [0.15, 0.2) is 24.3 Å². The number of hydrogen-bond acceptors (Lipinski definition) is 6. The van der Waals surface area contributed by atoms with Crippen molar-refractivity contribution >= 4 is 41.3 Å². The van der Waals surface area contributed by atoms with Gasteiger partial charge in [0, 0.05) is 12.2 Å². The summed E-state index contributed by atoms with van der Waals surface area (Å²) >= 11 is 1.07. The van der Waals surface area contributed by atoms with Gasteiger partial charge in [0.15, 0.2) is 6.61 Å². The van der Waals surface area contributed by atoms with Crippen LogP contribution in [0.1, 0.15) is 19.4 Å². The molecule has 0 saturated carbocycles. The minimum atomic E-state index is -0.716. The van der Waals surface area contributed by atoms with Crippen LogP contribution >= 0.6 is 11.8 Å². The van der Waals surface area contributed by atoms with Gasteiger partial charge in [-0.25, -0.2) is 4.79 Å². The van der Waals surface area contributed by atoms with Crippen LogP contribution in [0.25, 0.3) is 0 Å². The molecule has 0 fully saturated rings. The molecule has 3 N–H and O–H groups in total. The standard InChI is InChI=1S/C18H25N3O5S/c1-12(2)8-19-18(25)21-15(22)9-26-17(24)11-27-10-16(23)20-14-6-4-5-13(3)7-14/h4-7,12H,8-11H2,1-3H3,(H,20,23)(H2,19,21,22,25). The Kier molecular flexibility index (Phi) is 9.95. The van der Waals surface area contributed by atoms with Crippen LogP contribution in [0.5, 0.6) is 0 Å². The molecular weight excluding hydrogens is 370 g/mol. The highest BCUT2D eigenvalue weighted by Gasteiger charge is 2.12. The minimum absolute atomic E-state index is 0.0753. The summed E-state index contributed by atoms with van der Waals surface area (Å²) < 4.78 is 4.76. The third-order valence-electron chi connectivity index (χ3n) is 3.04. The van der Waals surface area contributed by atoms with E-state index in [4.69, 9.17) is 4.74 Å². The van der Waals surface area contributed by atoms with Crippen LogP contribution in [0.3, 0.4) is 0 Å². The molecule has 0 aliphatic carbocycles. The second kappa shape index (κ2) is 11.9. The maximum Gasteiger partial charge on any atom is 0.321 e. The smallest absolute Gasteiger partial charge is 0.321 e. The van der Waals surface area contributed by atoms with E-state index < -0.39 is 24.5 Å². The minimum Gasteiger partial charge on any atom is -0.455 e. The van der Waals surface area contributed by atoms with Gasteiger partial charge in [0.1, 0.15) is 0 Å². The number of carbonyl (C=O) groups excluding carboxylic acids is 4. The SMILES string of the molecule is Cc1cccc(NC(=O)CSCC(=O)OCC(=O)NC(=O)NCC(C)C)c1. The molecule has 0 spiro atoms. The lowest BCUT2D eigenvalue weighted by Gasteiger charge is -2.09. The number of imide groups is 1. The van der Waals surface area contributed by atoms with Crippen molar-refractivity contribution in [2.45, 2.75) is 20.8 Å². The number of rotatable bonds is 9. The summed E-state index contributed by atoms with van der Waals surface area (Å²) in [7, 11) is 0. The van der Waals surface area contributed by atoms with Crippen LogP contribution < -0.4 is 16.0 Å². The van der Waals surface area contributed by atoms with E-state index in [1.165, 1.54) is 0 Å². The first-order chi connectivity index (χ1) is 12.8. The number of esters is 1. The van der Waals surface area contributed by atoms with Crippen LogP contribution in [0.4, 0.5) is 10.5 Å². The Morgan fingerprint density at radius 3 is 2.52 bits per heavy atom. The first-order valence-electron chi connectivity index (χ1n) is 8.44. The summed E-state index contributed by atoms with van der Waals surface area (Å²) in [5.41, 5.74) is 1.72. The van der Waals surface area contributed by atoms with Crippen molar-refractivity contribution < 1.29 is 23.9 Å². The highest BCUT2D eigenvalue weighted by atomic mass is 32.2. The summed E-state index contributed by atoms with van der Waals surface area (Å²) in [6.07, 6.45) is 0. The lowest BCUT2D eigenvalue weighted by atomic mass is 10.2. The van der Waals surface area contributed by atoms with Crippen molar-refractivity contribution in [3.8, 4) is 0 Å². The lowest BCUT2D eigenvalue weighted by molar-refractivity contribution is -0.145. The number of nitrogens with one attached hydrogen (secondary N) is 3. The third-order valence-corrected chi connectivity index (χ3v) is 3.95. The molecule has 1 rings (SSSR count). The molecule has 148 valence electrons. The molecule has 0 atom stereocenters. The van der Waals surface area contributed by atoms with Crippen molar-refractivity contribution in [2.24, 2.45) is 5.92 Å². The Balaban J connectivity index is 2.17. The van der Waals surface area contributed by atoms with Gasteiger partial charge < -0.3 is 15.4 Å². The predicted octanol–water partition coefficient (Wildman–Crippen LogP) is 1.69. The fourth-order valence-corrected chi connectivity index (χ4v) is 2.45. The molecule has 0 unspecified atom stereocenters.